The number of ether oxygens (including phenoxy) is 2. The van der Waals surface area contributed by atoms with Crippen molar-refractivity contribution in [3.63, 3.8) is 0 Å². The van der Waals surface area contributed by atoms with Crippen LogP contribution in [0.3, 0.4) is 0 Å². The van der Waals surface area contributed by atoms with Crippen LogP contribution in [0.1, 0.15) is 15.9 Å². The summed E-state index contributed by atoms with van der Waals surface area (Å²) in [6, 6.07) is 21.2. The van der Waals surface area contributed by atoms with E-state index in [0.29, 0.717) is 27.8 Å². The summed E-state index contributed by atoms with van der Waals surface area (Å²) in [5.74, 6) is 0.432. The Kier molecular flexibility index (Phi) is 7.24. The SMILES string of the molecule is COc1cc(/C=C/C(=O)c2ccccc2)ccc1OCC(=O)Nc1ccccc1Cl. The minimum atomic E-state index is -0.345. The first kappa shape index (κ1) is 21.1. The summed E-state index contributed by atoms with van der Waals surface area (Å²) in [4.78, 5) is 24.3. The molecule has 0 radical (unpaired) electrons. The number of nitrogens with one attached hydrogen (secondary N) is 1. The fourth-order valence-electron chi connectivity index (χ4n) is 2.67. The van der Waals surface area contributed by atoms with E-state index in [0.717, 1.165) is 5.56 Å². The first-order chi connectivity index (χ1) is 14.6. The predicted molar refractivity (Wildman–Crippen MR) is 118 cm³/mol. The molecule has 0 heterocycles. The molecule has 3 aromatic carbocycles. The van der Waals surface area contributed by atoms with Gasteiger partial charge in [-0.3, -0.25) is 9.59 Å². The zero-order chi connectivity index (χ0) is 21.3. The highest BCUT2D eigenvalue weighted by atomic mass is 35.5. The van der Waals surface area contributed by atoms with Gasteiger partial charge in [-0.1, -0.05) is 66.2 Å². The van der Waals surface area contributed by atoms with Crippen LogP contribution in [0.15, 0.2) is 78.9 Å². The van der Waals surface area contributed by atoms with E-state index >= 15 is 0 Å². The van der Waals surface area contributed by atoms with Crippen molar-refractivity contribution in [2.75, 3.05) is 19.0 Å². The lowest BCUT2D eigenvalue weighted by Crippen LogP contribution is -2.20. The summed E-state index contributed by atoms with van der Waals surface area (Å²) >= 11 is 6.04. The Morgan fingerprint density at radius 3 is 2.43 bits per heavy atom. The molecule has 0 aliphatic heterocycles. The Morgan fingerprint density at radius 1 is 0.967 bits per heavy atom. The molecular weight excluding hydrogens is 402 g/mol. The van der Waals surface area contributed by atoms with Crippen LogP contribution in [0.5, 0.6) is 11.5 Å². The second kappa shape index (κ2) is 10.3. The summed E-state index contributed by atoms with van der Waals surface area (Å²) < 4.78 is 10.9. The standard InChI is InChI=1S/C24H20ClNO4/c1-29-23-15-17(11-13-21(27)18-7-3-2-4-8-18)12-14-22(23)30-16-24(28)26-20-10-6-5-9-19(20)25/h2-15H,16H2,1H3,(H,26,28)/b13-11+. The summed E-state index contributed by atoms with van der Waals surface area (Å²) in [5, 5.41) is 3.14. The number of amides is 1. The van der Waals surface area contributed by atoms with E-state index in [1.165, 1.54) is 13.2 Å². The third-order valence-corrected chi connectivity index (χ3v) is 4.51. The molecule has 1 N–H and O–H groups in total. The number of methoxy groups -OCH3 is 1. The van der Waals surface area contributed by atoms with Crippen LogP contribution >= 0.6 is 11.6 Å². The fraction of sp³-hybridized carbons (Fsp3) is 0.0833. The van der Waals surface area contributed by atoms with Crippen LogP contribution in [0.4, 0.5) is 5.69 Å². The van der Waals surface area contributed by atoms with Gasteiger partial charge in [-0.05, 0) is 35.9 Å². The van der Waals surface area contributed by atoms with Crippen LogP contribution in [-0.4, -0.2) is 25.4 Å². The van der Waals surface area contributed by atoms with Gasteiger partial charge in [0.15, 0.2) is 23.9 Å². The van der Waals surface area contributed by atoms with E-state index in [-0.39, 0.29) is 18.3 Å². The molecule has 0 atom stereocenters. The van der Waals surface area contributed by atoms with E-state index in [9.17, 15) is 9.59 Å². The highest BCUT2D eigenvalue weighted by Crippen LogP contribution is 2.29. The molecule has 152 valence electrons. The lowest BCUT2D eigenvalue weighted by atomic mass is 10.1. The first-order valence-corrected chi connectivity index (χ1v) is 9.57. The average Bonchev–Trinajstić information content (AvgIpc) is 2.78. The number of allylic oxidation sites excluding steroid dienone is 1. The van der Waals surface area contributed by atoms with Gasteiger partial charge in [0.25, 0.3) is 5.91 Å². The average molecular weight is 422 g/mol. The van der Waals surface area contributed by atoms with Gasteiger partial charge in [0.1, 0.15) is 0 Å². The minimum Gasteiger partial charge on any atom is -0.493 e. The second-order valence-corrected chi connectivity index (χ2v) is 6.70. The lowest BCUT2D eigenvalue weighted by molar-refractivity contribution is -0.118. The molecule has 0 saturated carbocycles. The molecule has 5 nitrogen and oxygen atoms in total. The summed E-state index contributed by atoms with van der Waals surface area (Å²) in [7, 11) is 1.51. The summed E-state index contributed by atoms with van der Waals surface area (Å²) in [6.07, 6.45) is 3.20. The largest absolute Gasteiger partial charge is 0.493 e. The number of hydrogen-bond acceptors (Lipinski definition) is 4. The number of carbonyl (C=O) groups is 2. The van der Waals surface area contributed by atoms with Crippen LogP contribution in [-0.2, 0) is 4.79 Å². The molecule has 30 heavy (non-hydrogen) atoms. The summed E-state index contributed by atoms with van der Waals surface area (Å²) in [6.45, 7) is -0.205. The van der Waals surface area contributed by atoms with Crippen molar-refractivity contribution in [3.05, 3.63) is 95.0 Å². The Balaban J connectivity index is 1.62. The minimum absolute atomic E-state index is 0.0915. The molecule has 0 fully saturated rings. The van der Waals surface area contributed by atoms with E-state index in [1.807, 2.05) is 18.2 Å². The lowest BCUT2D eigenvalue weighted by Gasteiger charge is -2.12. The molecule has 0 aliphatic carbocycles. The Hall–Kier alpha value is -3.57. The van der Waals surface area contributed by atoms with Gasteiger partial charge in [-0.2, -0.15) is 0 Å². The molecule has 0 aliphatic rings. The number of anilines is 1. The van der Waals surface area contributed by atoms with Crippen molar-refractivity contribution >= 4 is 35.1 Å². The fourth-order valence-corrected chi connectivity index (χ4v) is 2.85. The summed E-state index contributed by atoms with van der Waals surface area (Å²) in [5.41, 5.74) is 1.90. The number of hydrogen-bond donors (Lipinski definition) is 1. The van der Waals surface area contributed by atoms with E-state index < -0.39 is 0 Å². The third-order valence-electron chi connectivity index (χ3n) is 4.18. The maximum atomic E-state index is 12.2. The van der Waals surface area contributed by atoms with Crippen molar-refractivity contribution in [1.82, 2.24) is 0 Å². The van der Waals surface area contributed by atoms with E-state index in [1.54, 1.807) is 60.7 Å². The van der Waals surface area contributed by atoms with Crippen LogP contribution in [0.2, 0.25) is 5.02 Å². The molecule has 0 spiro atoms. The van der Waals surface area contributed by atoms with Gasteiger partial charge >= 0.3 is 0 Å². The number of para-hydroxylation sites is 1. The van der Waals surface area contributed by atoms with Crippen molar-refractivity contribution in [1.29, 1.82) is 0 Å². The molecule has 0 saturated heterocycles. The molecule has 0 bridgehead atoms. The maximum Gasteiger partial charge on any atom is 0.262 e. The molecule has 6 heteroatoms. The molecule has 3 rings (SSSR count). The topological polar surface area (TPSA) is 64.6 Å². The van der Waals surface area contributed by atoms with Crippen molar-refractivity contribution < 1.29 is 19.1 Å². The number of benzene rings is 3. The van der Waals surface area contributed by atoms with E-state index in [4.69, 9.17) is 21.1 Å². The zero-order valence-corrected chi connectivity index (χ0v) is 17.1. The smallest absolute Gasteiger partial charge is 0.262 e. The number of ketones is 1. The van der Waals surface area contributed by atoms with Crippen LogP contribution in [0.25, 0.3) is 6.08 Å². The van der Waals surface area contributed by atoms with Crippen LogP contribution in [0, 0.1) is 0 Å². The monoisotopic (exact) mass is 421 g/mol. The first-order valence-electron chi connectivity index (χ1n) is 9.19. The van der Waals surface area contributed by atoms with Crippen molar-refractivity contribution in [2.45, 2.75) is 0 Å². The maximum absolute atomic E-state index is 12.2. The molecule has 0 unspecified atom stereocenters. The quantitative estimate of drug-likeness (QED) is 0.398. The molecular formula is C24H20ClNO4. The van der Waals surface area contributed by atoms with Gasteiger partial charge < -0.3 is 14.8 Å². The van der Waals surface area contributed by atoms with Gasteiger partial charge in [-0.15, -0.1) is 0 Å². The molecule has 0 aromatic heterocycles. The number of rotatable bonds is 8. The Labute approximate surface area is 179 Å². The predicted octanol–water partition coefficient (Wildman–Crippen LogP) is 5.26. The van der Waals surface area contributed by atoms with E-state index in [2.05, 4.69) is 5.32 Å². The normalized spacial score (nSPS) is 10.6. The number of halogens is 1. The molecule has 1 amide bonds. The second-order valence-electron chi connectivity index (χ2n) is 6.29. The molecule has 3 aromatic rings. The zero-order valence-electron chi connectivity index (χ0n) is 16.3. The number of carbonyl (C=O) groups excluding carboxylic acids is 2. The van der Waals surface area contributed by atoms with Crippen molar-refractivity contribution in [2.24, 2.45) is 0 Å². The van der Waals surface area contributed by atoms with Crippen LogP contribution < -0.4 is 14.8 Å². The highest BCUT2D eigenvalue weighted by Gasteiger charge is 2.10. The van der Waals surface area contributed by atoms with Crippen molar-refractivity contribution in [3.8, 4) is 11.5 Å². The highest BCUT2D eigenvalue weighted by molar-refractivity contribution is 6.33. The van der Waals surface area contributed by atoms with Gasteiger partial charge in [0.05, 0.1) is 17.8 Å². The Bertz CT molecular complexity index is 1060. The Morgan fingerprint density at radius 2 is 1.70 bits per heavy atom. The van der Waals surface area contributed by atoms with Gasteiger partial charge in [0.2, 0.25) is 0 Å². The third kappa shape index (κ3) is 5.72. The van der Waals surface area contributed by atoms with Gasteiger partial charge in [-0.25, -0.2) is 0 Å². The van der Waals surface area contributed by atoms with Gasteiger partial charge in [0, 0.05) is 5.56 Å².